The van der Waals surface area contributed by atoms with Crippen molar-refractivity contribution in [2.75, 3.05) is 11.5 Å². The lowest BCUT2D eigenvalue weighted by molar-refractivity contribution is -0.135. The van der Waals surface area contributed by atoms with Crippen LogP contribution >= 0.6 is 11.8 Å². The van der Waals surface area contributed by atoms with Crippen LogP contribution in [0.4, 0.5) is 0 Å². The molecular formula is C9H16O2S. The van der Waals surface area contributed by atoms with Gasteiger partial charge < -0.3 is 9.53 Å². The van der Waals surface area contributed by atoms with E-state index in [0.29, 0.717) is 0 Å². The third-order valence-electron chi connectivity index (χ3n) is 1.92. The van der Waals surface area contributed by atoms with Crippen LogP contribution in [0.3, 0.4) is 0 Å². The second-order valence-corrected chi connectivity index (χ2v) is 4.61. The van der Waals surface area contributed by atoms with E-state index in [4.69, 9.17) is 4.74 Å². The predicted octanol–water partition coefficient (Wildman–Crippen LogP) is 1.88. The highest BCUT2D eigenvalue weighted by Crippen LogP contribution is 2.29. The second-order valence-electron chi connectivity index (χ2n) is 3.51. The number of hydrogen-bond donors (Lipinski definition) is 0. The quantitative estimate of drug-likeness (QED) is 0.632. The Morgan fingerprint density at radius 1 is 1.58 bits per heavy atom. The number of carbonyl (C=O) groups is 1. The van der Waals surface area contributed by atoms with Gasteiger partial charge in [0.05, 0.1) is 6.10 Å². The zero-order valence-corrected chi connectivity index (χ0v) is 8.52. The van der Waals surface area contributed by atoms with Crippen LogP contribution in [-0.2, 0) is 9.53 Å². The monoisotopic (exact) mass is 188 g/mol. The summed E-state index contributed by atoms with van der Waals surface area (Å²) in [7, 11) is 0. The zero-order chi connectivity index (χ0) is 9.03. The van der Waals surface area contributed by atoms with Gasteiger partial charge >= 0.3 is 0 Å². The summed E-state index contributed by atoms with van der Waals surface area (Å²) in [6, 6.07) is 0. The molecule has 0 saturated carbocycles. The molecule has 0 aromatic heterocycles. The van der Waals surface area contributed by atoms with Gasteiger partial charge in [-0.2, -0.15) is 11.8 Å². The van der Waals surface area contributed by atoms with E-state index < -0.39 is 5.60 Å². The SMILES string of the molecule is CC(C)OC1(C=O)CCCSC1. The number of thioether (sulfide) groups is 1. The molecule has 0 bridgehead atoms. The summed E-state index contributed by atoms with van der Waals surface area (Å²) in [5.41, 5.74) is -0.475. The summed E-state index contributed by atoms with van der Waals surface area (Å²) < 4.78 is 5.64. The van der Waals surface area contributed by atoms with Crippen molar-refractivity contribution in [2.24, 2.45) is 0 Å². The lowest BCUT2D eigenvalue weighted by Crippen LogP contribution is -2.41. The second kappa shape index (κ2) is 4.28. The third kappa shape index (κ3) is 2.49. The zero-order valence-electron chi connectivity index (χ0n) is 7.71. The number of aldehydes is 1. The van der Waals surface area contributed by atoms with Crippen LogP contribution in [0.2, 0.25) is 0 Å². The molecule has 1 atom stereocenters. The number of carbonyl (C=O) groups excluding carboxylic acids is 1. The summed E-state index contributed by atoms with van der Waals surface area (Å²) in [4.78, 5) is 10.9. The van der Waals surface area contributed by atoms with E-state index in [9.17, 15) is 4.79 Å². The maximum atomic E-state index is 10.9. The van der Waals surface area contributed by atoms with E-state index in [2.05, 4.69) is 0 Å². The first-order valence-electron chi connectivity index (χ1n) is 4.40. The molecule has 1 aliphatic rings. The Balaban J connectivity index is 2.53. The summed E-state index contributed by atoms with van der Waals surface area (Å²) in [6.45, 7) is 3.95. The van der Waals surface area contributed by atoms with E-state index in [-0.39, 0.29) is 6.10 Å². The van der Waals surface area contributed by atoms with Crippen molar-refractivity contribution in [3.8, 4) is 0 Å². The molecule has 0 amide bonds. The molecule has 2 nitrogen and oxygen atoms in total. The minimum Gasteiger partial charge on any atom is -0.364 e. The Morgan fingerprint density at radius 3 is 2.75 bits per heavy atom. The standard InChI is InChI=1S/C9H16O2S/c1-8(2)11-9(6-10)4-3-5-12-7-9/h6,8H,3-5,7H2,1-2H3. The van der Waals surface area contributed by atoms with Gasteiger partial charge in [-0.25, -0.2) is 0 Å². The lowest BCUT2D eigenvalue weighted by Gasteiger charge is -2.33. The van der Waals surface area contributed by atoms with Crippen LogP contribution in [0.5, 0.6) is 0 Å². The summed E-state index contributed by atoms with van der Waals surface area (Å²) in [6.07, 6.45) is 3.12. The molecular weight excluding hydrogens is 172 g/mol. The normalized spacial score (nSPS) is 30.6. The summed E-state index contributed by atoms with van der Waals surface area (Å²) in [5.74, 6) is 1.99. The minimum atomic E-state index is -0.475. The average molecular weight is 188 g/mol. The Morgan fingerprint density at radius 2 is 2.33 bits per heavy atom. The van der Waals surface area contributed by atoms with Crippen molar-refractivity contribution in [3.05, 3.63) is 0 Å². The first-order chi connectivity index (χ1) is 5.68. The van der Waals surface area contributed by atoms with E-state index in [1.165, 1.54) is 0 Å². The summed E-state index contributed by atoms with van der Waals surface area (Å²) in [5, 5.41) is 0. The maximum Gasteiger partial charge on any atom is 0.152 e. The van der Waals surface area contributed by atoms with Crippen molar-refractivity contribution in [1.29, 1.82) is 0 Å². The van der Waals surface area contributed by atoms with E-state index in [1.807, 2.05) is 25.6 Å². The number of rotatable bonds is 3. The molecule has 0 aliphatic carbocycles. The molecule has 1 unspecified atom stereocenters. The molecule has 1 fully saturated rings. The van der Waals surface area contributed by atoms with Crippen molar-refractivity contribution >= 4 is 18.0 Å². The van der Waals surface area contributed by atoms with Crippen molar-refractivity contribution in [2.45, 2.75) is 38.4 Å². The first kappa shape index (κ1) is 10.1. The van der Waals surface area contributed by atoms with E-state index >= 15 is 0 Å². The highest BCUT2D eigenvalue weighted by molar-refractivity contribution is 7.99. The van der Waals surface area contributed by atoms with Gasteiger partial charge in [-0.05, 0) is 32.4 Å². The molecule has 0 spiro atoms. The molecule has 1 saturated heterocycles. The van der Waals surface area contributed by atoms with Crippen LogP contribution < -0.4 is 0 Å². The smallest absolute Gasteiger partial charge is 0.152 e. The molecule has 1 aliphatic heterocycles. The fraction of sp³-hybridized carbons (Fsp3) is 0.889. The Labute approximate surface area is 78.1 Å². The summed E-state index contributed by atoms with van der Waals surface area (Å²) >= 11 is 1.81. The lowest BCUT2D eigenvalue weighted by atomic mass is 10.0. The molecule has 0 N–H and O–H groups in total. The number of ether oxygens (including phenoxy) is 1. The van der Waals surface area contributed by atoms with Crippen molar-refractivity contribution in [3.63, 3.8) is 0 Å². The van der Waals surface area contributed by atoms with Gasteiger partial charge in [0.2, 0.25) is 0 Å². The van der Waals surface area contributed by atoms with Gasteiger partial charge in [0.25, 0.3) is 0 Å². The highest BCUT2D eigenvalue weighted by Gasteiger charge is 2.33. The van der Waals surface area contributed by atoms with Gasteiger partial charge in [-0.1, -0.05) is 0 Å². The van der Waals surface area contributed by atoms with Gasteiger partial charge in [0.1, 0.15) is 5.60 Å². The van der Waals surface area contributed by atoms with Gasteiger partial charge in [0.15, 0.2) is 6.29 Å². The van der Waals surface area contributed by atoms with Gasteiger partial charge in [-0.3, -0.25) is 0 Å². The van der Waals surface area contributed by atoms with Gasteiger partial charge in [-0.15, -0.1) is 0 Å². The fourth-order valence-corrected chi connectivity index (χ4v) is 2.59. The first-order valence-corrected chi connectivity index (χ1v) is 5.56. The van der Waals surface area contributed by atoms with Crippen molar-refractivity contribution < 1.29 is 9.53 Å². The molecule has 0 aromatic rings. The topological polar surface area (TPSA) is 26.3 Å². The molecule has 3 heteroatoms. The van der Waals surface area contributed by atoms with E-state index in [1.54, 1.807) is 0 Å². The molecule has 12 heavy (non-hydrogen) atoms. The van der Waals surface area contributed by atoms with Crippen LogP contribution in [0, 0.1) is 0 Å². The Bertz CT molecular complexity index is 151. The van der Waals surface area contributed by atoms with Crippen LogP contribution in [0.25, 0.3) is 0 Å². The largest absolute Gasteiger partial charge is 0.364 e. The Kier molecular flexibility index (Phi) is 3.59. The average Bonchev–Trinajstić information content (AvgIpc) is 2.05. The fourth-order valence-electron chi connectivity index (χ4n) is 1.47. The van der Waals surface area contributed by atoms with Crippen LogP contribution in [0.1, 0.15) is 26.7 Å². The van der Waals surface area contributed by atoms with Crippen molar-refractivity contribution in [1.82, 2.24) is 0 Å². The minimum absolute atomic E-state index is 0.147. The van der Waals surface area contributed by atoms with Crippen LogP contribution in [-0.4, -0.2) is 29.5 Å². The third-order valence-corrected chi connectivity index (χ3v) is 3.19. The molecule has 0 radical (unpaired) electrons. The molecule has 1 heterocycles. The molecule has 0 aromatic carbocycles. The Hall–Kier alpha value is -0.0200. The van der Waals surface area contributed by atoms with Crippen LogP contribution in [0.15, 0.2) is 0 Å². The maximum absolute atomic E-state index is 10.9. The molecule has 70 valence electrons. The number of hydrogen-bond acceptors (Lipinski definition) is 3. The van der Waals surface area contributed by atoms with E-state index in [0.717, 1.165) is 30.6 Å². The highest BCUT2D eigenvalue weighted by atomic mass is 32.2. The predicted molar refractivity (Wildman–Crippen MR) is 51.6 cm³/mol. The van der Waals surface area contributed by atoms with Gasteiger partial charge in [0, 0.05) is 5.75 Å². The molecule has 1 rings (SSSR count).